The van der Waals surface area contributed by atoms with Gasteiger partial charge in [0.1, 0.15) is 11.3 Å². The molecule has 0 unspecified atom stereocenters. The summed E-state index contributed by atoms with van der Waals surface area (Å²) in [4.78, 5) is 29.2. The number of thiophene rings is 1. The summed E-state index contributed by atoms with van der Waals surface area (Å²) in [6.07, 6.45) is 3.83. The van der Waals surface area contributed by atoms with E-state index in [0.717, 1.165) is 16.7 Å². The predicted molar refractivity (Wildman–Crippen MR) is 115 cm³/mol. The van der Waals surface area contributed by atoms with Crippen LogP contribution in [0.15, 0.2) is 71.5 Å². The summed E-state index contributed by atoms with van der Waals surface area (Å²) >= 11 is 1.20. The molecule has 0 spiro atoms. The number of aromatic nitrogens is 1. The Bertz CT molecular complexity index is 1150. The predicted octanol–water partition coefficient (Wildman–Crippen LogP) is 4.34. The molecule has 0 aliphatic rings. The molecular formula is C22H19N3O4S. The summed E-state index contributed by atoms with van der Waals surface area (Å²) in [5.74, 6) is 0.407. The molecule has 1 aromatic carbocycles. The first-order valence-electron chi connectivity index (χ1n) is 9.40. The fourth-order valence-electron chi connectivity index (χ4n) is 2.84. The van der Waals surface area contributed by atoms with Gasteiger partial charge in [-0.25, -0.2) is 0 Å². The molecule has 8 heteroatoms. The summed E-state index contributed by atoms with van der Waals surface area (Å²) in [6.45, 7) is 0.938. The van der Waals surface area contributed by atoms with E-state index in [1.165, 1.54) is 17.6 Å². The Morgan fingerprint density at radius 2 is 1.93 bits per heavy atom. The number of hydrogen-bond donors (Lipinski definition) is 2. The van der Waals surface area contributed by atoms with Crippen molar-refractivity contribution in [2.75, 3.05) is 18.5 Å². The Morgan fingerprint density at radius 3 is 2.80 bits per heavy atom. The number of nitrogens with zero attached hydrogens (tertiary/aromatic N) is 1. The van der Waals surface area contributed by atoms with Gasteiger partial charge in [-0.2, -0.15) is 0 Å². The molecule has 2 N–H and O–H groups in total. The number of carbonyl (C=O) groups is 2. The Hall–Kier alpha value is -3.65. The van der Waals surface area contributed by atoms with Crippen LogP contribution in [0.2, 0.25) is 0 Å². The van der Waals surface area contributed by atoms with Gasteiger partial charge in [-0.15, -0.1) is 11.3 Å². The molecule has 0 atom stereocenters. The van der Waals surface area contributed by atoms with Crippen molar-refractivity contribution in [3.8, 4) is 5.75 Å². The standard InChI is InChI=1S/C22H19N3O4S/c26-21(17-8-3-13-29-17)25-19-10-9-18(30-19)22(27)24-12-4-14-28-16-7-1-5-15-6-2-11-23-20(15)16/h1-3,5-11,13H,4,12,14H2,(H,24,27)(H,25,26). The molecule has 0 fully saturated rings. The second-order valence-electron chi connectivity index (χ2n) is 6.38. The molecule has 0 bridgehead atoms. The minimum Gasteiger partial charge on any atom is -0.491 e. The number of benzene rings is 1. The average Bonchev–Trinajstić information content (AvgIpc) is 3.46. The zero-order chi connectivity index (χ0) is 20.8. The molecule has 3 aromatic heterocycles. The molecule has 7 nitrogen and oxygen atoms in total. The Labute approximate surface area is 176 Å². The van der Waals surface area contributed by atoms with Crippen LogP contribution in [-0.4, -0.2) is 29.9 Å². The number of hydrogen-bond acceptors (Lipinski definition) is 6. The number of ether oxygens (including phenoxy) is 1. The number of amides is 2. The number of para-hydroxylation sites is 1. The number of fused-ring (bicyclic) bond motifs is 1. The van der Waals surface area contributed by atoms with Crippen LogP contribution in [-0.2, 0) is 0 Å². The van der Waals surface area contributed by atoms with E-state index in [4.69, 9.17) is 9.15 Å². The molecule has 3 heterocycles. The lowest BCUT2D eigenvalue weighted by Crippen LogP contribution is -2.24. The first kappa shape index (κ1) is 19.7. The normalized spacial score (nSPS) is 10.7. The number of furan rings is 1. The average molecular weight is 421 g/mol. The van der Waals surface area contributed by atoms with Crippen LogP contribution in [0.1, 0.15) is 26.6 Å². The van der Waals surface area contributed by atoms with Gasteiger partial charge in [0, 0.05) is 18.1 Å². The van der Waals surface area contributed by atoms with Crippen LogP contribution in [0.4, 0.5) is 5.00 Å². The number of pyridine rings is 1. The molecule has 152 valence electrons. The van der Waals surface area contributed by atoms with Crippen LogP contribution >= 0.6 is 11.3 Å². The van der Waals surface area contributed by atoms with Crippen molar-refractivity contribution in [1.29, 1.82) is 0 Å². The Morgan fingerprint density at radius 1 is 1.03 bits per heavy atom. The SMILES string of the molecule is O=C(Nc1ccc(C(=O)NCCCOc2cccc3cccnc23)s1)c1ccco1. The molecule has 2 amide bonds. The number of carbonyl (C=O) groups excluding carboxylic acids is 2. The summed E-state index contributed by atoms with van der Waals surface area (Å²) in [6, 6.07) is 16.3. The fourth-order valence-corrected chi connectivity index (χ4v) is 3.66. The minimum absolute atomic E-state index is 0.190. The van der Waals surface area contributed by atoms with E-state index in [1.807, 2.05) is 30.3 Å². The topological polar surface area (TPSA) is 93.5 Å². The Balaban J connectivity index is 1.22. The van der Waals surface area contributed by atoms with Crippen LogP contribution in [0, 0.1) is 0 Å². The van der Waals surface area contributed by atoms with Crippen molar-refractivity contribution in [2.24, 2.45) is 0 Å². The van der Waals surface area contributed by atoms with Gasteiger partial charge in [-0.3, -0.25) is 14.6 Å². The van der Waals surface area contributed by atoms with Gasteiger partial charge in [0.2, 0.25) is 0 Å². The van der Waals surface area contributed by atoms with Gasteiger partial charge in [-0.1, -0.05) is 18.2 Å². The van der Waals surface area contributed by atoms with E-state index in [1.54, 1.807) is 30.5 Å². The second-order valence-corrected chi connectivity index (χ2v) is 7.47. The Kier molecular flexibility index (Phi) is 6.05. The van der Waals surface area contributed by atoms with E-state index >= 15 is 0 Å². The van der Waals surface area contributed by atoms with E-state index in [0.29, 0.717) is 29.5 Å². The molecule has 4 rings (SSSR count). The van der Waals surface area contributed by atoms with Crippen molar-refractivity contribution < 1.29 is 18.7 Å². The third-order valence-corrected chi connectivity index (χ3v) is 5.27. The maximum absolute atomic E-state index is 12.3. The molecule has 30 heavy (non-hydrogen) atoms. The van der Waals surface area contributed by atoms with Crippen molar-refractivity contribution in [3.63, 3.8) is 0 Å². The first-order chi connectivity index (χ1) is 14.7. The van der Waals surface area contributed by atoms with Crippen LogP contribution in [0.5, 0.6) is 5.75 Å². The van der Waals surface area contributed by atoms with Crippen molar-refractivity contribution >= 4 is 39.1 Å². The first-order valence-corrected chi connectivity index (χ1v) is 10.2. The summed E-state index contributed by atoms with van der Waals surface area (Å²) in [7, 11) is 0. The third kappa shape index (κ3) is 4.66. The van der Waals surface area contributed by atoms with Gasteiger partial charge >= 0.3 is 0 Å². The van der Waals surface area contributed by atoms with Crippen molar-refractivity contribution in [1.82, 2.24) is 10.3 Å². The molecule has 0 aliphatic carbocycles. The minimum atomic E-state index is -0.353. The van der Waals surface area contributed by atoms with Crippen LogP contribution < -0.4 is 15.4 Å². The van der Waals surface area contributed by atoms with Crippen LogP contribution in [0.25, 0.3) is 10.9 Å². The van der Waals surface area contributed by atoms with Crippen molar-refractivity contribution in [3.05, 3.63) is 77.7 Å². The van der Waals surface area contributed by atoms with Gasteiger partial charge in [0.25, 0.3) is 11.8 Å². The van der Waals surface area contributed by atoms with E-state index in [2.05, 4.69) is 15.6 Å². The van der Waals surface area contributed by atoms with Gasteiger partial charge in [-0.05, 0) is 42.8 Å². The van der Waals surface area contributed by atoms with Gasteiger partial charge < -0.3 is 19.8 Å². The molecule has 0 radical (unpaired) electrons. The lowest BCUT2D eigenvalue weighted by atomic mass is 10.2. The lowest BCUT2D eigenvalue weighted by Gasteiger charge is -2.09. The largest absolute Gasteiger partial charge is 0.491 e. The quantitative estimate of drug-likeness (QED) is 0.413. The van der Waals surface area contributed by atoms with E-state index in [-0.39, 0.29) is 17.6 Å². The van der Waals surface area contributed by atoms with Crippen molar-refractivity contribution in [2.45, 2.75) is 6.42 Å². The van der Waals surface area contributed by atoms with Gasteiger partial charge in [0.15, 0.2) is 5.76 Å². The summed E-state index contributed by atoms with van der Waals surface area (Å²) in [5.41, 5.74) is 0.826. The monoisotopic (exact) mass is 421 g/mol. The number of rotatable bonds is 8. The smallest absolute Gasteiger partial charge is 0.291 e. The highest BCUT2D eigenvalue weighted by atomic mass is 32.1. The highest BCUT2D eigenvalue weighted by Gasteiger charge is 2.13. The molecular weight excluding hydrogens is 402 g/mol. The zero-order valence-electron chi connectivity index (χ0n) is 16.0. The maximum Gasteiger partial charge on any atom is 0.291 e. The highest BCUT2D eigenvalue weighted by Crippen LogP contribution is 2.24. The molecule has 4 aromatic rings. The molecule has 0 aliphatic heterocycles. The lowest BCUT2D eigenvalue weighted by molar-refractivity contribution is 0.0954. The fraction of sp³-hybridized carbons (Fsp3) is 0.136. The maximum atomic E-state index is 12.3. The van der Waals surface area contributed by atoms with E-state index in [9.17, 15) is 9.59 Å². The highest BCUT2D eigenvalue weighted by molar-refractivity contribution is 7.18. The van der Waals surface area contributed by atoms with E-state index < -0.39 is 0 Å². The molecule has 0 saturated heterocycles. The second kappa shape index (κ2) is 9.23. The van der Waals surface area contributed by atoms with Crippen LogP contribution in [0.3, 0.4) is 0 Å². The number of nitrogens with one attached hydrogen (secondary N) is 2. The van der Waals surface area contributed by atoms with Gasteiger partial charge in [0.05, 0.1) is 22.7 Å². The third-order valence-electron chi connectivity index (χ3n) is 4.27. The molecule has 0 saturated carbocycles. The summed E-state index contributed by atoms with van der Waals surface area (Å²) in [5, 5.41) is 7.17. The summed E-state index contributed by atoms with van der Waals surface area (Å²) < 4.78 is 10.9. The number of anilines is 1. The zero-order valence-corrected chi connectivity index (χ0v) is 16.8.